The molecule has 0 radical (unpaired) electrons. The molecule has 2 heterocycles. The molecule has 4 aromatic rings. The van der Waals surface area contributed by atoms with E-state index in [-0.39, 0.29) is 18.0 Å². The fourth-order valence-corrected chi connectivity index (χ4v) is 3.50. The lowest BCUT2D eigenvalue weighted by atomic mass is 10.1. The maximum absolute atomic E-state index is 13.0. The highest BCUT2D eigenvalue weighted by atomic mass is 16.6. The molecule has 2 aromatic heterocycles. The van der Waals surface area contributed by atoms with E-state index in [2.05, 4.69) is 0 Å². The highest BCUT2D eigenvalue weighted by Crippen LogP contribution is 2.32. The first-order chi connectivity index (χ1) is 14.4. The number of benzene rings is 2. The van der Waals surface area contributed by atoms with Gasteiger partial charge in [0.2, 0.25) is 0 Å². The van der Waals surface area contributed by atoms with Crippen LogP contribution in [0.4, 0.5) is 5.82 Å². The first kappa shape index (κ1) is 19.8. The maximum Gasteiger partial charge on any atom is 0.344 e. The van der Waals surface area contributed by atoms with Crippen LogP contribution in [0.2, 0.25) is 0 Å². The third-order valence-corrected chi connectivity index (χ3v) is 5.16. The number of carbonyl (C=O) groups excluding carboxylic acids is 1. The summed E-state index contributed by atoms with van der Waals surface area (Å²) in [5, 5.41) is 0. The Kier molecular flexibility index (Phi) is 5.13. The van der Waals surface area contributed by atoms with Crippen LogP contribution in [0.15, 0.2) is 42.5 Å². The Hall–Kier alpha value is -3.45. The number of aromatic nitrogens is 3. The SMILES string of the molecule is COCC(C)OC(=O)c1c(N)n(-c2ccc(C)c(C)c2)c2nc3ccccc3nc12. The van der Waals surface area contributed by atoms with Gasteiger partial charge in [0, 0.05) is 12.8 Å². The quantitative estimate of drug-likeness (QED) is 0.506. The molecule has 0 saturated heterocycles. The minimum absolute atomic E-state index is 0.212. The number of fused-ring (bicyclic) bond motifs is 2. The summed E-state index contributed by atoms with van der Waals surface area (Å²) in [7, 11) is 1.56. The zero-order valence-corrected chi connectivity index (χ0v) is 17.5. The molecule has 0 aliphatic heterocycles. The van der Waals surface area contributed by atoms with E-state index < -0.39 is 12.1 Å². The van der Waals surface area contributed by atoms with Crippen LogP contribution in [-0.2, 0) is 9.47 Å². The summed E-state index contributed by atoms with van der Waals surface area (Å²) >= 11 is 0. The van der Waals surface area contributed by atoms with Gasteiger partial charge in [-0.05, 0) is 56.2 Å². The van der Waals surface area contributed by atoms with Gasteiger partial charge < -0.3 is 15.2 Å². The summed E-state index contributed by atoms with van der Waals surface area (Å²) in [4.78, 5) is 22.5. The third kappa shape index (κ3) is 3.37. The maximum atomic E-state index is 13.0. The number of ether oxygens (including phenoxy) is 2. The molecule has 0 bridgehead atoms. The minimum Gasteiger partial charge on any atom is -0.456 e. The molecule has 0 saturated carbocycles. The molecule has 7 heteroatoms. The Morgan fingerprint density at radius 2 is 1.80 bits per heavy atom. The van der Waals surface area contributed by atoms with Crippen LogP contribution in [0.25, 0.3) is 27.9 Å². The number of rotatable bonds is 5. The van der Waals surface area contributed by atoms with Gasteiger partial charge >= 0.3 is 5.97 Å². The fraction of sp³-hybridized carbons (Fsp3) is 0.261. The van der Waals surface area contributed by atoms with E-state index in [0.717, 1.165) is 16.8 Å². The van der Waals surface area contributed by atoms with Crippen molar-refractivity contribution < 1.29 is 14.3 Å². The van der Waals surface area contributed by atoms with Gasteiger partial charge in [-0.15, -0.1) is 0 Å². The Morgan fingerprint density at radius 1 is 1.10 bits per heavy atom. The molecular formula is C23H24N4O3. The third-order valence-electron chi connectivity index (χ3n) is 5.16. The Labute approximate surface area is 174 Å². The second kappa shape index (κ2) is 7.76. The molecule has 4 rings (SSSR count). The molecule has 7 nitrogen and oxygen atoms in total. The van der Waals surface area contributed by atoms with Gasteiger partial charge in [-0.3, -0.25) is 4.57 Å². The second-order valence-electron chi connectivity index (χ2n) is 7.42. The summed E-state index contributed by atoms with van der Waals surface area (Å²) in [6.45, 7) is 6.13. The lowest BCUT2D eigenvalue weighted by Gasteiger charge is -2.12. The number of nitrogens with zero attached hydrogens (tertiary/aromatic N) is 3. The van der Waals surface area contributed by atoms with Gasteiger partial charge in [-0.25, -0.2) is 14.8 Å². The number of nitrogens with two attached hydrogens (primary N) is 1. The molecule has 154 valence electrons. The number of carbonyl (C=O) groups is 1. The lowest BCUT2D eigenvalue weighted by molar-refractivity contribution is 0.0123. The molecular weight excluding hydrogens is 380 g/mol. The van der Waals surface area contributed by atoms with Crippen molar-refractivity contribution in [2.24, 2.45) is 0 Å². The summed E-state index contributed by atoms with van der Waals surface area (Å²) in [6.07, 6.45) is -0.421. The zero-order valence-electron chi connectivity index (χ0n) is 17.5. The number of para-hydroxylation sites is 2. The van der Waals surface area contributed by atoms with Crippen molar-refractivity contribution in [3.8, 4) is 5.69 Å². The number of aryl methyl sites for hydroxylation is 2. The normalized spacial score (nSPS) is 12.4. The van der Waals surface area contributed by atoms with Crippen molar-refractivity contribution in [1.29, 1.82) is 0 Å². The summed E-state index contributed by atoms with van der Waals surface area (Å²) in [5.74, 6) is -0.299. The van der Waals surface area contributed by atoms with E-state index >= 15 is 0 Å². The van der Waals surface area contributed by atoms with Crippen LogP contribution < -0.4 is 5.73 Å². The van der Waals surface area contributed by atoms with Crippen molar-refractivity contribution >= 4 is 34.0 Å². The fourth-order valence-electron chi connectivity index (χ4n) is 3.50. The van der Waals surface area contributed by atoms with Crippen LogP contribution >= 0.6 is 0 Å². The number of nitrogen functional groups attached to an aromatic ring is 1. The van der Waals surface area contributed by atoms with Crippen LogP contribution in [0.3, 0.4) is 0 Å². The summed E-state index contributed by atoms with van der Waals surface area (Å²) < 4.78 is 12.4. The van der Waals surface area contributed by atoms with Gasteiger partial charge in [0.1, 0.15) is 23.0 Å². The van der Waals surface area contributed by atoms with E-state index in [1.165, 1.54) is 5.56 Å². The number of hydrogen-bond donors (Lipinski definition) is 1. The molecule has 1 atom stereocenters. The monoisotopic (exact) mass is 404 g/mol. The van der Waals surface area contributed by atoms with Gasteiger partial charge in [0.15, 0.2) is 5.65 Å². The number of methoxy groups -OCH3 is 1. The molecule has 0 aliphatic rings. The number of esters is 1. The van der Waals surface area contributed by atoms with E-state index in [1.54, 1.807) is 18.6 Å². The minimum atomic E-state index is -0.547. The van der Waals surface area contributed by atoms with E-state index in [9.17, 15) is 4.79 Å². The first-order valence-corrected chi connectivity index (χ1v) is 9.75. The average Bonchev–Trinajstić information content (AvgIpc) is 2.99. The van der Waals surface area contributed by atoms with Crippen LogP contribution in [0.1, 0.15) is 28.4 Å². The van der Waals surface area contributed by atoms with Crippen molar-refractivity contribution in [2.75, 3.05) is 19.5 Å². The van der Waals surface area contributed by atoms with E-state index in [4.69, 9.17) is 25.2 Å². The predicted molar refractivity (Wildman–Crippen MR) is 117 cm³/mol. The smallest absolute Gasteiger partial charge is 0.344 e. The van der Waals surface area contributed by atoms with Gasteiger partial charge in [0.25, 0.3) is 0 Å². The number of anilines is 1. The van der Waals surface area contributed by atoms with Crippen LogP contribution in [-0.4, -0.2) is 40.3 Å². The van der Waals surface area contributed by atoms with Crippen LogP contribution in [0, 0.1) is 13.8 Å². The molecule has 0 spiro atoms. The van der Waals surface area contributed by atoms with Gasteiger partial charge in [-0.1, -0.05) is 18.2 Å². The highest BCUT2D eigenvalue weighted by molar-refractivity contribution is 6.09. The topological polar surface area (TPSA) is 92.3 Å². The van der Waals surface area contributed by atoms with Crippen molar-refractivity contribution in [3.05, 3.63) is 59.2 Å². The standard InChI is InChI=1S/C23H24N4O3/c1-13-9-10-16(11-14(13)2)27-21(24)19(23(28)30-15(3)12-29-4)20-22(27)26-18-8-6-5-7-17(18)25-20/h5-11,15H,12,24H2,1-4H3. The Bertz CT molecular complexity index is 1260. The predicted octanol–water partition coefficient (Wildman–Crippen LogP) is 3.96. The van der Waals surface area contributed by atoms with Gasteiger partial charge in [-0.2, -0.15) is 0 Å². The summed E-state index contributed by atoms with van der Waals surface area (Å²) in [5.41, 5.74) is 12.1. The van der Waals surface area contributed by atoms with Crippen molar-refractivity contribution in [3.63, 3.8) is 0 Å². The number of hydrogen-bond acceptors (Lipinski definition) is 6. The molecule has 2 aromatic carbocycles. The lowest BCUT2D eigenvalue weighted by Crippen LogP contribution is -2.20. The molecule has 0 fully saturated rings. The van der Waals surface area contributed by atoms with Crippen molar-refractivity contribution in [1.82, 2.24) is 14.5 Å². The molecule has 2 N–H and O–H groups in total. The second-order valence-corrected chi connectivity index (χ2v) is 7.42. The average molecular weight is 404 g/mol. The molecule has 0 amide bonds. The zero-order chi connectivity index (χ0) is 21.4. The Balaban J connectivity index is 1.98. The largest absolute Gasteiger partial charge is 0.456 e. The van der Waals surface area contributed by atoms with Gasteiger partial charge in [0.05, 0.1) is 17.6 Å². The molecule has 0 aliphatic carbocycles. The van der Waals surface area contributed by atoms with Crippen molar-refractivity contribution in [2.45, 2.75) is 26.9 Å². The van der Waals surface area contributed by atoms with E-state index in [1.807, 2.05) is 56.3 Å². The molecule has 30 heavy (non-hydrogen) atoms. The molecule has 1 unspecified atom stereocenters. The Morgan fingerprint density at radius 3 is 2.47 bits per heavy atom. The van der Waals surface area contributed by atoms with E-state index in [0.29, 0.717) is 16.7 Å². The van der Waals surface area contributed by atoms with Crippen LogP contribution in [0.5, 0.6) is 0 Å². The highest BCUT2D eigenvalue weighted by Gasteiger charge is 2.27. The first-order valence-electron chi connectivity index (χ1n) is 9.75. The summed E-state index contributed by atoms with van der Waals surface area (Å²) in [6, 6.07) is 13.5.